The number of carbonyl (C=O) groups is 1. The Balaban J connectivity index is 0.000001000. The number of carbonyl (C=O) groups excluding carboxylic acids is 1. The van der Waals surface area contributed by atoms with Crippen LogP contribution in [0, 0.1) is 0 Å². The van der Waals surface area contributed by atoms with E-state index in [4.69, 9.17) is 4.74 Å². The van der Waals surface area contributed by atoms with Crippen LogP contribution >= 0.6 is 0 Å². The SMILES string of the molecule is C.CC(=O)OC1CCCCC1. The number of ether oxygens (including phenoxy) is 1. The molecule has 0 N–H and O–H groups in total. The third-order valence-corrected chi connectivity index (χ3v) is 1.88. The van der Waals surface area contributed by atoms with E-state index in [0.717, 1.165) is 12.8 Å². The molecule has 11 heavy (non-hydrogen) atoms. The number of rotatable bonds is 1. The molecule has 0 amide bonds. The molecule has 1 saturated carbocycles. The van der Waals surface area contributed by atoms with Gasteiger partial charge >= 0.3 is 5.97 Å². The van der Waals surface area contributed by atoms with Gasteiger partial charge in [-0.25, -0.2) is 0 Å². The third-order valence-electron chi connectivity index (χ3n) is 1.88. The Kier molecular flexibility index (Phi) is 4.92. The zero-order chi connectivity index (χ0) is 7.40. The predicted molar refractivity (Wildman–Crippen MR) is 45.4 cm³/mol. The number of hydrogen-bond donors (Lipinski definition) is 0. The van der Waals surface area contributed by atoms with E-state index in [9.17, 15) is 4.79 Å². The van der Waals surface area contributed by atoms with E-state index in [1.54, 1.807) is 0 Å². The van der Waals surface area contributed by atoms with Crippen molar-refractivity contribution in [2.75, 3.05) is 0 Å². The lowest BCUT2D eigenvalue weighted by molar-refractivity contribution is -0.147. The fraction of sp³-hybridized carbons (Fsp3) is 0.889. The molecule has 1 aliphatic rings. The first kappa shape index (κ1) is 10.5. The second-order valence-corrected chi connectivity index (χ2v) is 2.87. The predicted octanol–water partition coefficient (Wildman–Crippen LogP) is 2.52. The zero-order valence-electron chi connectivity index (χ0n) is 6.43. The van der Waals surface area contributed by atoms with Gasteiger partial charge in [-0.15, -0.1) is 0 Å². The van der Waals surface area contributed by atoms with Crippen LogP contribution < -0.4 is 0 Å². The molecule has 1 aliphatic carbocycles. The van der Waals surface area contributed by atoms with Crippen LogP contribution in [0.4, 0.5) is 0 Å². The molecule has 0 saturated heterocycles. The van der Waals surface area contributed by atoms with Crippen molar-refractivity contribution in [2.24, 2.45) is 0 Å². The van der Waals surface area contributed by atoms with E-state index in [0.29, 0.717) is 0 Å². The molecule has 0 aliphatic heterocycles. The molecule has 0 spiro atoms. The van der Waals surface area contributed by atoms with E-state index in [1.807, 2.05) is 0 Å². The van der Waals surface area contributed by atoms with E-state index in [1.165, 1.54) is 26.2 Å². The van der Waals surface area contributed by atoms with Gasteiger partial charge in [-0.05, 0) is 25.7 Å². The normalized spacial score (nSPS) is 18.6. The molecular weight excluding hydrogens is 140 g/mol. The summed E-state index contributed by atoms with van der Waals surface area (Å²) < 4.78 is 5.05. The maximum Gasteiger partial charge on any atom is 0.302 e. The summed E-state index contributed by atoms with van der Waals surface area (Å²) in [5.41, 5.74) is 0. The van der Waals surface area contributed by atoms with E-state index < -0.39 is 0 Å². The van der Waals surface area contributed by atoms with Gasteiger partial charge in [-0.1, -0.05) is 13.8 Å². The van der Waals surface area contributed by atoms with Crippen LogP contribution in [-0.4, -0.2) is 12.1 Å². The van der Waals surface area contributed by atoms with Crippen molar-refractivity contribution < 1.29 is 9.53 Å². The Bertz CT molecular complexity index is 115. The lowest BCUT2D eigenvalue weighted by Gasteiger charge is -2.20. The fourth-order valence-electron chi connectivity index (χ4n) is 1.42. The molecule has 0 aromatic carbocycles. The van der Waals surface area contributed by atoms with Gasteiger partial charge in [-0.3, -0.25) is 4.79 Å². The average Bonchev–Trinajstić information content (AvgIpc) is 1.88. The summed E-state index contributed by atoms with van der Waals surface area (Å²) in [4.78, 5) is 10.5. The van der Waals surface area contributed by atoms with Crippen LogP contribution in [0.1, 0.15) is 46.5 Å². The monoisotopic (exact) mass is 158 g/mol. The summed E-state index contributed by atoms with van der Waals surface area (Å²) in [5, 5.41) is 0. The van der Waals surface area contributed by atoms with Gasteiger partial charge in [0.05, 0.1) is 0 Å². The molecule has 0 aromatic rings. The second kappa shape index (κ2) is 5.16. The highest BCUT2D eigenvalue weighted by atomic mass is 16.5. The van der Waals surface area contributed by atoms with E-state index in [2.05, 4.69) is 0 Å². The Morgan fingerprint density at radius 1 is 1.27 bits per heavy atom. The molecular formula is C9H18O2. The molecule has 0 bridgehead atoms. The Labute approximate surface area is 68.9 Å². The first-order valence-electron chi connectivity index (χ1n) is 3.96. The standard InChI is InChI=1S/C8H14O2.CH4/c1-7(9)10-8-5-3-2-4-6-8;/h8H,2-6H2,1H3;1H4. The van der Waals surface area contributed by atoms with Crippen molar-refractivity contribution in [1.29, 1.82) is 0 Å². The van der Waals surface area contributed by atoms with Gasteiger partial charge in [0.15, 0.2) is 0 Å². The smallest absolute Gasteiger partial charge is 0.302 e. The van der Waals surface area contributed by atoms with E-state index in [-0.39, 0.29) is 19.5 Å². The molecule has 1 fully saturated rings. The maximum absolute atomic E-state index is 10.5. The summed E-state index contributed by atoms with van der Waals surface area (Å²) >= 11 is 0. The molecule has 0 heterocycles. The lowest BCUT2D eigenvalue weighted by Crippen LogP contribution is -2.18. The van der Waals surface area contributed by atoms with Crippen LogP contribution in [0.2, 0.25) is 0 Å². The zero-order valence-corrected chi connectivity index (χ0v) is 6.43. The summed E-state index contributed by atoms with van der Waals surface area (Å²) in [5.74, 6) is -0.132. The summed E-state index contributed by atoms with van der Waals surface area (Å²) in [6, 6.07) is 0. The minimum absolute atomic E-state index is 0. The first-order chi connectivity index (χ1) is 4.79. The van der Waals surface area contributed by atoms with Crippen molar-refractivity contribution in [3.8, 4) is 0 Å². The summed E-state index contributed by atoms with van der Waals surface area (Å²) in [7, 11) is 0. The van der Waals surface area contributed by atoms with E-state index >= 15 is 0 Å². The van der Waals surface area contributed by atoms with Gasteiger partial charge in [-0.2, -0.15) is 0 Å². The summed E-state index contributed by atoms with van der Waals surface area (Å²) in [6.07, 6.45) is 6.11. The minimum atomic E-state index is -0.132. The highest BCUT2D eigenvalue weighted by molar-refractivity contribution is 5.66. The maximum atomic E-state index is 10.5. The molecule has 0 aromatic heterocycles. The Hall–Kier alpha value is -0.530. The van der Waals surface area contributed by atoms with Crippen molar-refractivity contribution in [2.45, 2.75) is 52.6 Å². The van der Waals surface area contributed by atoms with Crippen molar-refractivity contribution in [1.82, 2.24) is 0 Å². The van der Waals surface area contributed by atoms with Crippen LogP contribution in [0.15, 0.2) is 0 Å². The van der Waals surface area contributed by atoms with Gasteiger partial charge in [0.25, 0.3) is 0 Å². The van der Waals surface area contributed by atoms with Crippen LogP contribution in [0.25, 0.3) is 0 Å². The minimum Gasteiger partial charge on any atom is -0.463 e. The van der Waals surface area contributed by atoms with Crippen LogP contribution in [0.5, 0.6) is 0 Å². The third kappa shape index (κ3) is 4.02. The molecule has 0 radical (unpaired) electrons. The summed E-state index contributed by atoms with van der Waals surface area (Å²) in [6.45, 7) is 1.48. The average molecular weight is 158 g/mol. The molecule has 0 unspecified atom stereocenters. The van der Waals surface area contributed by atoms with Gasteiger partial charge in [0.2, 0.25) is 0 Å². The molecule has 0 atom stereocenters. The quantitative estimate of drug-likeness (QED) is 0.548. The molecule has 2 nitrogen and oxygen atoms in total. The van der Waals surface area contributed by atoms with Crippen molar-refractivity contribution >= 4 is 5.97 Å². The van der Waals surface area contributed by atoms with Crippen LogP contribution in [0.3, 0.4) is 0 Å². The second-order valence-electron chi connectivity index (χ2n) is 2.87. The largest absolute Gasteiger partial charge is 0.463 e. The van der Waals surface area contributed by atoms with Gasteiger partial charge in [0, 0.05) is 6.92 Å². The molecule has 2 heteroatoms. The highest BCUT2D eigenvalue weighted by Gasteiger charge is 2.14. The van der Waals surface area contributed by atoms with Crippen LogP contribution in [-0.2, 0) is 9.53 Å². The molecule has 66 valence electrons. The van der Waals surface area contributed by atoms with Gasteiger partial charge < -0.3 is 4.74 Å². The Morgan fingerprint density at radius 3 is 2.27 bits per heavy atom. The van der Waals surface area contributed by atoms with Gasteiger partial charge in [0.1, 0.15) is 6.10 Å². The highest BCUT2D eigenvalue weighted by Crippen LogP contribution is 2.19. The topological polar surface area (TPSA) is 26.3 Å². The fourth-order valence-corrected chi connectivity index (χ4v) is 1.42. The number of esters is 1. The first-order valence-corrected chi connectivity index (χ1v) is 3.96. The number of hydrogen-bond acceptors (Lipinski definition) is 2. The lowest BCUT2D eigenvalue weighted by atomic mass is 9.98. The van der Waals surface area contributed by atoms with Crippen molar-refractivity contribution in [3.05, 3.63) is 0 Å². The van der Waals surface area contributed by atoms with Crippen molar-refractivity contribution in [3.63, 3.8) is 0 Å². The molecule has 1 rings (SSSR count). The Morgan fingerprint density at radius 2 is 1.82 bits per heavy atom.